The maximum absolute atomic E-state index is 9.25. The molecule has 37 valence electrons. The van der Waals surface area contributed by atoms with E-state index in [0.29, 0.717) is 0 Å². The molecule has 0 saturated carbocycles. The Labute approximate surface area is 89.5 Å². The van der Waals surface area contributed by atoms with Crippen molar-refractivity contribution < 1.29 is 37.7 Å². The molecule has 0 aromatic rings. The largest absolute Gasteiger partial charge is 2.00 e. The number of hydrogen-bond donors (Lipinski definition) is 0. The Hall–Kier alpha value is 2.28. The van der Waals surface area contributed by atoms with E-state index in [1.807, 2.05) is 0 Å². The van der Waals surface area contributed by atoms with E-state index in [1.54, 1.807) is 0 Å². The zero-order valence-corrected chi connectivity index (χ0v) is 9.57. The first kappa shape index (κ1) is 12.0. The number of hydrogen-bond acceptors (Lipinski definition) is 4. The fourth-order valence-corrected chi connectivity index (χ4v) is 0. The van der Waals surface area contributed by atoms with Gasteiger partial charge in [-0.1, -0.05) is 0 Å². The zero-order valence-electron chi connectivity index (χ0n) is 3.20. The second-order valence-corrected chi connectivity index (χ2v) is 2.66. The van der Waals surface area contributed by atoms with Crippen molar-refractivity contribution in [2.24, 2.45) is 0 Å². The standard InChI is InChI=1S/Mo.H3O4P.Sr/c;1-5(2,3)4;/h;(H3,1,2,3,4);/q+1;;+2/p-3. The number of rotatable bonds is 1. The molecule has 0 fully saturated rings. The van der Waals surface area contributed by atoms with E-state index in [9.17, 15) is 14.4 Å². The summed E-state index contributed by atoms with van der Waals surface area (Å²) in [6.45, 7) is 0. The molecule has 0 atom stereocenters. The van der Waals surface area contributed by atoms with Crippen LogP contribution in [0.25, 0.3) is 0 Å². The van der Waals surface area contributed by atoms with E-state index in [4.69, 9.17) is 0 Å². The van der Waals surface area contributed by atoms with Crippen LogP contribution in [0.4, 0.5) is 0 Å². The Morgan fingerprint density at radius 3 is 1.71 bits per heavy atom. The minimum Gasteiger partial charge on any atom is 2.00 e. The monoisotopic (exact) mass is 281 g/mol. The molecule has 0 bridgehead atoms. The summed E-state index contributed by atoms with van der Waals surface area (Å²) >= 11 is 0.758. The van der Waals surface area contributed by atoms with E-state index in [1.165, 1.54) is 0 Å². The van der Waals surface area contributed by atoms with Crippen LogP contribution in [-0.4, -0.2) is 45.5 Å². The van der Waals surface area contributed by atoms with E-state index in [-0.39, 0.29) is 45.5 Å². The van der Waals surface area contributed by atoms with Gasteiger partial charge in [-0.2, -0.15) is 0 Å². The van der Waals surface area contributed by atoms with Crippen molar-refractivity contribution in [2.75, 3.05) is 0 Å². The molecular formula is MoO4PSr. The van der Waals surface area contributed by atoms with Gasteiger partial charge in [-0.15, -0.1) is 0 Å². The van der Waals surface area contributed by atoms with Gasteiger partial charge in [0.15, 0.2) is 0 Å². The van der Waals surface area contributed by atoms with Gasteiger partial charge < -0.3 is 0 Å². The second-order valence-electron chi connectivity index (χ2n) is 0.522. The van der Waals surface area contributed by atoms with Crippen molar-refractivity contribution in [3.63, 3.8) is 0 Å². The maximum Gasteiger partial charge on any atom is 2.00 e. The molecule has 0 rings (SSSR count). The summed E-state index contributed by atoms with van der Waals surface area (Å²) in [6.07, 6.45) is 0. The average Bonchev–Trinajstić information content (AvgIpc) is 1.35. The van der Waals surface area contributed by atoms with Crippen LogP contribution >= 0.6 is 7.82 Å². The van der Waals surface area contributed by atoms with E-state index in [0.717, 1.165) is 20.2 Å². The van der Waals surface area contributed by atoms with Gasteiger partial charge in [-0.3, -0.25) is 0 Å². The molecule has 0 aromatic heterocycles. The maximum atomic E-state index is 9.25. The quantitative estimate of drug-likeness (QED) is 0.407. The minimum absolute atomic E-state index is 0. The van der Waals surface area contributed by atoms with Crippen molar-refractivity contribution in [1.29, 1.82) is 0 Å². The van der Waals surface area contributed by atoms with Crippen LogP contribution in [0, 0.1) is 0 Å². The van der Waals surface area contributed by atoms with Gasteiger partial charge in [0.1, 0.15) is 0 Å². The van der Waals surface area contributed by atoms with Crippen molar-refractivity contribution in [2.45, 2.75) is 0 Å². The molecule has 0 heterocycles. The predicted octanol–water partition coefficient (Wildman–Crippen LogP) is -2.09. The molecule has 7 heteroatoms. The Kier molecular flexibility index (Phi) is 8.74. The molecule has 0 spiro atoms. The van der Waals surface area contributed by atoms with Gasteiger partial charge >= 0.3 is 91.0 Å². The van der Waals surface area contributed by atoms with Crippen LogP contribution in [0.15, 0.2) is 0 Å². The molecule has 0 saturated heterocycles. The van der Waals surface area contributed by atoms with Crippen molar-refractivity contribution in [1.82, 2.24) is 0 Å². The Balaban J connectivity index is 0. The summed E-state index contributed by atoms with van der Waals surface area (Å²) in [4.78, 5) is 18.5. The molecule has 0 unspecified atom stereocenters. The van der Waals surface area contributed by atoms with Gasteiger partial charge in [-0.25, -0.2) is 0 Å². The van der Waals surface area contributed by atoms with Crippen LogP contribution in [0.2, 0.25) is 0 Å². The molecule has 0 radical (unpaired) electrons. The van der Waals surface area contributed by atoms with Gasteiger partial charge in [0.2, 0.25) is 0 Å². The summed E-state index contributed by atoms with van der Waals surface area (Å²) in [5, 5.41) is 0. The van der Waals surface area contributed by atoms with Gasteiger partial charge in [0.25, 0.3) is 0 Å². The minimum atomic E-state index is -4.64. The first-order valence-electron chi connectivity index (χ1n) is 0.897. The van der Waals surface area contributed by atoms with E-state index in [2.05, 4.69) is 3.18 Å². The molecule has 0 aliphatic carbocycles. The van der Waals surface area contributed by atoms with Crippen LogP contribution in [0.1, 0.15) is 0 Å². The van der Waals surface area contributed by atoms with Crippen LogP contribution in [0.5, 0.6) is 0 Å². The van der Waals surface area contributed by atoms with Gasteiger partial charge in [-0.05, 0) is 0 Å². The average molecular weight is 279 g/mol. The van der Waals surface area contributed by atoms with Gasteiger partial charge in [0.05, 0.1) is 0 Å². The van der Waals surface area contributed by atoms with Crippen LogP contribution < -0.4 is 9.79 Å². The van der Waals surface area contributed by atoms with Crippen molar-refractivity contribution >= 4 is 53.3 Å². The molecule has 0 N–H and O–H groups in total. The number of phosphoric acid groups is 1. The van der Waals surface area contributed by atoms with E-state index >= 15 is 0 Å². The SMILES string of the molecule is O=P([O-])([O-])[O][Mo].[Sr+2]. The molecular weight excluding hydrogens is 279 g/mol. The van der Waals surface area contributed by atoms with Crippen LogP contribution in [-0.2, 0) is 27.9 Å². The Morgan fingerprint density at radius 1 is 1.57 bits per heavy atom. The van der Waals surface area contributed by atoms with Crippen LogP contribution in [0.3, 0.4) is 0 Å². The smallest absolute Gasteiger partial charge is 2.00 e. The summed E-state index contributed by atoms with van der Waals surface area (Å²) in [5.74, 6) is 0. The Morgan fingerprint density at radius 2 is 1.71 bits per heavy atom. The fraction of sp³-hybridized carbons (Fsp3) is 0. The molecule has 0 aromatic carbocycles. The summed E-state index contributed by atoms with van der Waals surface area (Å²) in [5.41, 5.74) is 0. The summed E-state index contributed by atoms with van der Waals surface area (Å²) < 4.78 is 12.6. The third-order valence-electron chi connectivity index (χ3n) is 0.0913. The van der Waals surface area contributed by atoms with Gasteiger partial charge in [0, 0.05) is 0 Å². The Bertz CT molecular complexity index is 75.8. The normalized spacial score (nSPS) is 10.0. The first-order chi connectivity index (χ1) is 2.56. The second kappa shape index (κ2) is 5.09. The van der Waals surface area contributed by atoms with E-state index < -0.39 is 7.82 Å². The summed E-state index contributed by atoms with van der Waals surface area (Å²) in [7, 11) is -4.64. The fourth-order valence-electron chi connectivity index (χ4n) is 0. The zero-order chi connectivity index (χ0) is 5.21. The first-order valence-corrected chi connectivity index (χ1v) is 3.18. The molecule has 4 nitrogen and oxygen atoms in total. The molecule has 0 aliphatic heterocycles. The topological polar surface area (TPSA) is 72.4 Å². The third kappa shape index (κ3) is 11.7. The third-order valence-corrected chi connectivity index (χ3v) is 1.62. The van der Waals surface area contributed by atoms with Crippen molar-refractivity contribution in [3.8, 4) is 0 Å². The molecule has 0 aliphatic rings. The van der Waals surface area contributed by atoms with Crippen molar-refractivity contribution in [3.05, 3.63) is 0 Å². The molecule has 0 amide bonds. The summed E-state index contributed by atoms with van der Waals surface area (Å²) in [6, 6.07) is 0. The predicted molar refractivity (Wildman–Crippen MR) is 14.4 cm³/mol. The molecule has 7 heavy (non-hydrogen) atoms.